The lowest BCUT2D eigenvalue weighted by Gasteiger charge is -2.15. The van der Waals surface area contributed by atoms with Crippen molar-refractivity contribution >= 4 is 17.4 Å². The van der Waals surface area contributed by atoms with Crippen LogP contribution in [-0.2, 0) is 6.42 Å². The molecule has 0 aromatic heterocycles. The average molecular weight is 248 g/mol. The van der Waals surface area contributed by atoms with Crippen LogP contribution in [0.15, 0.2) is 18.2 Å². The zero-order valence-electron chi connectivity index (χ0n) is 10.6. The monoisotopic (exact) mass is 248 g/mol. The van der Waals surface area contributed by atoms with Crippen LogP contribution < -0.4 is 10.2 Å². The molecule has 1 aromatic carbocycles. The van der Waals surface area contributed by atoms with Crippen molar-refractivity contribution in [2.24, 2.45) is 0 Å². The van der Waals surface area contributed by atoms with Crippen LogP contribution in [0.2, 0.25) is 0 Å². The molecule has 1 aromatic rings. The highest BCUT2D eigenvalue weighted by Crippen LogP contribution is 2.36. The van der Waals surface area contributed by atoms with Crippen molar-refractivity contribution in [3.05, 3.63) is 29.3 Å². The molecule has 1 saturated heterocycles. The molecule has 2 unspecified atom stereocenters. The fourth-order valence-corrected chi connectivity index (χ4v) is 4.09. The third kappa shape index (κ3) is 2.06. The summed E-state index contributed by atoms with van der Waals surface area (Å²) in [7, 11) is 2.18. The standard InChI is InChI=1S/C14H20N2S/c1-3-12-9-17-14(15-12)11-4-5-13-10(8-11)6-7-16(13)2/h4-5,8,12,14-15H,3,6-7,9H2,1-2H3. The van der Waals surface area contributed by atoms with Gasteiger partial charge in [0.1, 0.15) is 0 Å². The van der Waals surface area contributed by atoms with Gasteiger partial charge in [-0.15, -0.1) is 11.8 Å². The number of fused-ring (bicyclic) bond motifs is 1. The van der Waals surface area contributed by atoms with Crippen LogP contribution >= 0.6 is 11.8 Å². The first-order valence-electron chi connectivity index (χ1n) is 6.49. The molecule has 0 radical (unpaired) electrons. The Bertz CT molecular complexity index is 419. The van der Waals surface area contributed by atoms with E-state index in [4.69, 9.17) is 0 Å². The van der Waals surface area contributed by atoms with Gasteiger partial charge in [-0.2, -0.15) is 0 Å². The van der Waals surface area contributed by atoms with Crippen molar-refractivity contribution in [2.75, 3.05) is 24.2 Å². The number of benzene rings is 1. The summed E-state index contributed by atoms with van der Waals surface area (Å²) in [4.78, 5) is 2.35. The summed E-state index contributed by atoms with van der Waals surface area (Å²) >= 11 is 2.05. The molecule has 0 spiro atoms. The van der Waals surface area contributed by atoms with Gasteiger partial charge in [0.05, 0.1) is 5.37 Å². The molecule has 2 heterocycles. The molecule has 2 nitrogen and oxygen atoms in total. The third-order valence-corrected chi connectivity index (χ3v) is 5.21. The zero-order valence-corrected chi connectivity index (χ0v) is 11.4. The number of anilines is 1. The molecule has 0 bridgehead atoms. The summed E-state index contributed by atoms with van der Waals surface area (Å²) in [6.07, 6.45) is 2.44. The SMILES string of the molecule is CCC1CSC(c2ccc3c(c2)CCN3C)N1. The Kier molecular flexibility index (Phi) is 3.05. The molecule has 17 heavy (non-hydrogen) atoms. The molecule has 2 aliphatic heterocycles. The number of nitrogens with zero attached hydrogens (tertiary/aromatic N) is 1. The highest BCUT2D eigenvalue weighted by Gasteiger charge is 2.25. The van der Waals surface area contributed by atoms with Gasteiger partial charge in [-0.05, 0) is 30.0 Å². The Labute approximate surface area is 108 Å². The Hall–Kier alpha value is -0.670. The van der Waals surface area contributed by atoms with Crippen LogP contribution in [0.4, 0.5) is 5.69 Å². The van der Waals surface area contributed by atoms with E-state index in [0.29, 0.717) is 11.4 Å². The van der Waals surface area contributed by atoms with Gasteiger partial charge in [0.2, 0.25) is 0 Å². The Morgan fingerprint density at radius 3 is 3.12 bits per heavy atom. The van der Waals surface area contributed by atoms with Gasteiger partial charge in [-0.1, -0.05) is 19.1 Å². The maximum absolute atomic E-state index is 3.71. The Morgan fingerprint density at radius 2 is 2.35 bits per heavy atom. The molecule has 92 valence electrons. The lowest BCUT2D eigenvalue weighted by molar-refractivity contribution is 0.561. The van der Waals surface area contributed by atoms with Crippen LogP contribution in [0, 0.1) is 0 Å². The van der Waals surface area contributed by atoms with E-state index in [2.05, 4.69) is 42.4 Å². The van der Waals surface area contributed by atoms with Gasteiger partial charge in [-0.3, -0.25) is 5.32 Å². The Balaban J connectivity index is 1.81. The van der Waals surface area contributed by atoms with E-state index < -0.39 is 0 Å². The summed E-state index contributed by atoms with van der Waals surface area (Å²) in [5.74, 6) is 1.25. The predicted octanol–water partition coefficient (Wildman–Crippen LogP) is 2.79. The summed E-state index contributed by atoms with van der Waals surface area (Å²) < 4.78 is 0. The number of hydrogen-bond donors (Lipinski definition) is 1. The van der Waals surface area contributed by atoms with E-state index in [-0.39, 0.29) is 0 Å². The second kappa shape index (κ2) is 4.54. The normalized spacial score (nSPS) is 27.5. The molecular weight excluding hydrogens is 228 g/mol. The van der Waals surface area contributed by atoms with Crippen molar-refractivity contribution < 1.29 is 0 Å². The van der Waals surface area contributed by atoms with Gasteiger partial charge < -0.3 is 4.90 Å². The van der Waals surface area contributed by atoms with E-state index in [9.17, 15) is 0 Å². The van der Waals surface area contributed by atoms with Gasteiger partial charge in [0, 0.05) is 31.1 Å². The predicted molar refractivity (Wildman–Crippen MR) is 75.8 cm³/mol. The van der Waals surface area contributed by atoms with E-state index >= 15 is 0 Å². The molecular formula is C14H20N2S. The van der Waals surface area contributed by atoms with Gasteiger partial charge in [-0.25, -0.2) is 0 Å². The zero-order chi connectivity index (χ0) is 11.8. The third-order valence-electron chi connectivity index (χ3n) is 3.88. The van der Waals surface area contributed by atoms with Crippen LogP contribution in [0.5, 0.6) is 0 Å². The van der Waals surface area contributed by atoms with Crippen molar-refractivity contribution in [1.29, 1.82) is 0 Å². The van der Waals surface area contributed by atoms with Crippen molar-refractivity contribution in [3.63, 3.8) is 0 Å². The average Bonchev–Trinajstić information content (AvgIpc) is 2.96. The van der Waals surface area contributed by atoms with Crippen LogP contribution in [0.25, 0.3) is 0 Å². The topological polar surface area (TPSA) is 15.3 Å². The molecule has 1 fully saturated rings. The number of rotatable bonds is 2. The molecule has 2 aliphatic rings. The first kappa shape index (κ1) is 11.4. The summed E-state index contributed by atoms with van der Waals surface area (Å²) in [6, 6.07) is 7.69. The van der Waals surface area contributed by atoms with E-state index in [0.717, 1.165) is 0 Å². The summed E-state index contributed by atoms with van der Waals surface area (Å²) in [6.45, 7) is 3.43. The van der Waals surface area contributed by atoms with E-state index in [1.54, 1.807) is 0 Å². The molecule has 0 aliphatic carbocycles. The lowest BCUT2D eigenvalue weighted by Crippen LogP contribution is -2.24. The van der Waals surface area contributed by atoms with Gasteiger partial charge in [0.15, 0.2) is 0 Å². The maximum atomic E-state index is 3.71. The fraction of sp³-hybridized carbons (Fsp3) is 0.571. The second-order valence-corrected chi connectivity index (χ2v) is 6.18. The highest BCUT2D eigenvalue weighted by atomic mass is 32.2. The minimum atomic E-state index is 0.510. The maximum Gasteiger partial charge on any atom is 0.0792 e. The van der Waals surface area contributed by atoms with Gasteiger partial charge in [0.25, 0.3) is 0 Å². The minimum Gasteiger partial charge on any atom is -0.374 e. The van der Waals surface area contributed by atoms with Crippen molar-refractivity contribution in [1.82, 2.24) is 5.32 Å². The van der Waals surface area contributed by atoms with E-state index in [1.807, 2.05) is 11.8 Å². The molecule has 1 N–H and O–H groups in total. The largest absolute Gasteiger partial charge is 0.374 e. The van der Waals surface area contributed by atoms with Crippen LogP contribution in [0.3, 0.4) is 0 Å². The van der Waals surface area contributed by atoms with Crippen molar-refractivity contribution in [2.45, 2.75) is 31.2 Å². The van der Waals surface area contributed by atoms with Crippen LogP contribution in [-0.4, -0.2) is 25.4 Å². The first-order chi connectivity index (χ1) is 8.28. The first-order valence-corrected chi connectivity index (χ1v) is 7.54. The van der Waals surface area contributed by atoms with E-state index in [1.165, 1.54) is 42.0 Å². The number of likely N-dealkylation sites (N-methyl/N-ethyl adjacent to an activating group) is 1. The molecule has 0 amide bonds. The Morgan fingerprint density at radius 1 is 1.47 bits per heavy atom. The fourth-order valence-electron chi connectivity index (χ4n) is 2.70. The molecule has 3 heteroatoms. The molecule has 2 atom stereocenters. The number of hydrogen-bond acceptors (Lipinski definition) is 3. The highest BCUT2D eigenvalue weighted by molar-refractivity contribution is 7.99. The minimum absolute atomic E-state index is 0.510. The summed E-state index contributed by atoms with van der Waals surface area (Å²) in [5, 5.41) is 4.22. The van der Waals surface area contributed by atoms with Gasteiger partial charge >= 0.3 is 0 Å². The molecule has 0 saturated carbocycles. The second-order valence-electron chi connectivity index (χ2n) is 5.04. The smallest absolute Gasteiger partial charge is 0.0792 e. The van der Waals surface area contributed by atoms with Crippen molar-refractivity contribution in [3.8, 4) is 0 Å². The molecule has 3 rings (SSSR count). The summed E-state index contributed by atoms with van der Waals surface area (Å²) in [5.41, 5.74) is 4.40. The number of thioether (sulfide) groups is 1. The lowest BCUT2D eigenvalue weighted by atomic mass is 10.1. The number of nitrogens with one attached hydrogen (secondary N) is 1. The van der Waals surface area contributed by atoms with Crippen LogP contribution in [0.1, 0.15) is 29.8 Å². The quantitative estimate of drug-likeness (QED) is 0.866.